The highest BCUT2D eigenvalue weighted by Crippen LogP contribution is 2.16. The molecular formula is C13H8BrClFNO. The van der Waals surface area contributed by atoms with Crippen molar-refractivity contribution in [2.24, 2.45) is 0 Å². The number of halogens is 3. The van der Waals surface area contributed by atoms with E-state index in [4.69, 9.17) is 11.6 Å². The van der Waals surface area contributed by atoms with Gasteiger partial charge in [-0.05, 0) is 35.9 Å². The van der Waals surface area contributed by atoms with Crippen LogP contribution in [0.1, 0.15) is 16.1 Å². The van der Waals surface area contributed by atoms with E-state index in [1.807, 2.05) is 0 Å². The number of pyridine rings is 1. The van der Waals surface area contributed by atoms with E-state index in [0.717, 1.165) is 0 Å². The zero-order valence-corrected chi connectivity index (χ0v) is 11.5. The highest BCUT2D eigenvalue weighted by atomic mass is 79.9. The average Bonchev–Trinajstić information content (AvgIpc) is 2.28. The van der Waals surface area contributed by atoms with Crippen LogP contribution in [0.2, 0.25) is 5.02 Å². The Balaban J connectivity index is 2.18. The van der Waals surface area contributed by atoms with E-state index in [-0.39, 0.29) is 18.0 Å². The summed E-state index contributed by atoms with van der Waals surface area (Å²) in [4.78, 5) is 15.8. The summed E-state index contributed by atoms with van der Waals surface area (Å²) < 4.78 is 13.8. The van der Waals surface area contributed by atoms with Crippen molar-refractivity contribution in [1.82, 2.24) is 4.98 Å². The van der Waals surface area contributed by atoms with Gasteiger partial charge in [-0.1, -0.05) is 27.5 Å². The molecule has 2 aromatic rings. The smallest absolute Gasteiger partial charge is 0.185 e. The Morgan fingerprint density at radius 3 is 2.72 bits per heavy atom. The number of nitrogens with zero attached hydrogens (tertiary/aromatic N) is 1. The maximum Gasteiger partial charge on any atom is 0.185 e. The number of ketones is 1. The van der Waals surface area contributed by atoms with Crippen LogP contribution in [-0.4, -0.2) is 10.8 Å². The van der Waals surface area contributed by atoms with Gasteiger partial charge in [-0.25, -0.2) is 4.39 Å². The molecule has 0 aliphatic carbocycles. The number of Topliss-reactive ketones (excluding diaryl/α,β-unsaturated/α-hetero) is 1. The Bertz CT molecular complexity index is 566. The SMILES string of the molecule is O=C(Cc1cc(F)cc(Br)c1)c1ccc(Cl)cn1. The molecule has 1 heterocycles. The zero-order chi connectivity index (χ0) is 13.1. The molecular weight excluding hydrogens is 321 g/mol. The summed E-state index contributed by atoms with van der Waals surface area (Å²) in [6, 6.07) is 7.53. The number of hydrogen-bond donors (Lipinski definition) is 0. The number of rotatable bonds is 3. The first kappa shape index (κ1) is 13.2. The molecule has 0 aliphatic heterocycles. The van der Waals surface area contributed by atoms with E-state index >= 15 is 0 Å². The van der Waals surface area contributed by atoms with Gasteiger partial charge in [0.25, 0.3) is 0 Å². The average molecular weight is 329 g/mol. The van der Waals surface area contributed by atoms with Crippen LogP contribution in [0.3, 0.4) is 0 Å². The Hall–Kier alpha value is -1.26. The predicted octanol–water partition coefficient (Wildman–Crippen LogP) is 4.06. The van der Waals surface area contributed by atoms with Gasteiger partial charge < -0.3 is 0 Å². The van der Waals surface area contributed by atoms with Crippen molar-refractivity contribution in [2.45, 2.75) is 6.42 Å². The predicted molar refractivity (Wildman–Crippen MR) is 71.4 cm³/mol. The molecule has 5 heteroatoms. The van der Waals surface area contributed by atoms with Crippen molar-refractivity contribution >= 4 is 33.3 Å². The zero-order valence-electron chi connectivity index (χ0n) is 9.16. The molecule has 1 aromatic heterocycles. The van der Waals surface area contributed by atoms with Crippen LogP contribution in [0.15, 0.2) is 41.0 Å². The minimum absolute atomic E-state index is 0.102. The Kier molecular flexibility index (Phi) is 4.09. The Labute approximate surface area is 117 Å². The summed E-state index contributed by atoms with van der Waals surface area (Å²) in [5.74, 6) is -0.555. The van der Waals surface area contributed by atoms with Crippen LogP contribution in [0, 0.1) is 5.82 Å². The van der Waals surface area contributed by atoms with E-state index in [1.54, 1.807) is 18.2 Å². The monoisotopic (exact) mass is 327 g/mol. The Morgan fingerprint density at radius 2 is 2.11 bits per heavy atom. The van der Waals surface area contributed by atoms with Gasteiger partial charge in [0.1, 0.15) is 11.5 Å². The molecule has 18 heavy (non-hydrogen) atoms. The molecule has 0 radical (unpaired) electrons. The van der Waals surface area contributed by atoms with Gasteiger partial charge >= 0.3 is 0 Å². The van der Waals surface area contributed by atoms with E-state index in [1.165, 1.54) is 18.3 Å². The molecule has 2 nitrogen and oxygen atoms in total. The van der Waals surface area contributed by atoms with Crippen molar-refractivity contribution in [1.29, 1.82) is 0 Å². The van der Waals surface area contributed by atoms with Crippen LogP contribution < -0.4 is 0 Å². The number of carbonyl (C=O) groups is 1. The van der Waals surface area contributed by atoms with Gasteiger partial charge in [0.2, 0.25) is 0 Å². The van der Waals surface area contributed by atoms with Gasteiger partial charge in [-0.15, -0.1) is 0 Å². The van der Waals surface area contributed by atoms with E-state index in [2.05, 4.69) is 20.9 Å². The standard InChI is InChI=1S/C13H8BrClFNO/c14-9-3-8(4-11(16)6-9)5-13(18)12-2-1-10(15)7-17-12/h1-4,6-7H,5H2. The van der Waals surface area contributed by atoms with Crippen LogP contribution in [0.5, 0.6) is 0 Å². The van der Waals surface area contributed by atoms with Gasteiger partial charge in [-0.3, -0.25) is 9.78 Å². The molecule has 92 valence electrons. The fourth-order valence-corrected chi connectivity index (χ4v) is 2.15. The molecule has 0 atom stereocenters. The first-order chi connectivity index (χ1) is 8.54. The quantitative estimate of drug-likeness (QED) is 0.795. The molecule has 0 fully saturated rings. The second kappa shape index (κ2) is 5.59. The molecule has 0 spiro atoms. The largest absolute Gasteiger partial charge is 0.292 e. The lowest BCUT2D eigenvalue weighted by Gasteiger charge is -2.02. The summed E-state index contributed by atoms with van der Waals surface area (Å²) in [6.45, 7) is 0. The number of carbonyl (C=O) groups excluding carboxylic acids is 1. The highest BCUT2D eigenvalue weighted by Gasteiger charge is 2.09. The minimum Gasteiger partial charge on any atom is -0.292 e. The third-order valence-electron chi connectivity index (χ3n) is 2.30. The van der Waals surface area contributed by atoms with Crippen molar-refractivity contribution < 1.29 is 9.18 Å². The molecule has 2 rings (SSSR count). The molecule has 0 saturated heterocycles. The number of aromatic nitrogens is 1. The first-order valence-electron chi connectivity index (χ1n) is 5.14. The summed E-state index contributed by atoms with van der Waals surface area (Å²) in [5.41, 5.74) is 0.920. The van der Waals surface area contributed by atoms with Gasteiger partial charge in [0.05, 0.1) is 5.02 Å². The van der Waals surface area contributed by atoms with Crippen molar-refractivity contribution in [3.8, 4) is 0 Å². The van der Waals surface area contributed by atoms with Gasteiger partial charge in [-0.2, -0.15) is 0 Å². The molecule has 1 aromatic carbocycles. The number of benzene rings is 1. The van der Waals surface area contributed by atoms with Crippen LogP contribution in [0.4, 0.5) is 4.39 Å². The fraction of sp³-hybridized carbons (Fsp3) is 0.0769. The summed E-state index contributed by atoms with van der Waals surface area (Å²) in [6.07, 6.45) is 1.52. The molecule has 0 aliphatic rings. The third-order valence-corrected chi connectivity index (χ3v) is 2.98. The van der Waals surface area contributed by atoms with E-state index < -0.39 is 0 Å². The minimum atomic E-state index is -0.378. The normalized spacial score (nSPS) is 10.4. The van der Waals surface area contributed by atoms with E-state index in [0.29, 0.717) is 20.8 Å². The maximum atomic E-state index is 13.2. The van der Waals surface area contributed by atoms with E-state index in [9.17, 15) is 9.18 Å². The first-order valence-corrected chi connectivity index (χ1v) is 6.31. The molecule has 0 amide bonds. The lowest BCUT2D eigenvalue weighted by Crippen LogP contribution is -2.06. The van der Waals surface area contributed by atoms with Gasteiger partial charge in [0, 0.05) is 17.1 Å². The van der Waals surface area contributed by atoms with Crippen LogP contribution >= 0.6 is 27.5 Å². The molecule has 0 bridgehead atoms. The second-order valence-electron chi connectivity index (χ2n) is 3.74. The third kappa shape index (κ3) is 3.37. The van der Waals surface area contributed by atoms with Crippen LogP contribution in [-0.2, 0) is 6.42 Å². The van der Waals surface area contributed by atoms with Gasteiger partial charge in [0.15, 0.2) is 5.78 Å². The Morgan fingerprint density at radius 1 is 1.33 bits per heavy atom. The van der Waals surface area contributed by atoms with Crippen molar-refractivity contribution in [2.75, 3.05) is 0 Å². The second-order valence-corrected chi connectivity index (χ2v) is 5.09. The van der Waals surface area contributed by atoms with Crippen molar-refractivity contribution in [3.63, 3.8) is 0 Å². The maximum absolute atomic E-state index is 13.2. The lowest BCUT2D eigenvalue weighted by atomic mass is 10.1. The van der Waals surface area contributed by atoms with Crippen LogP contribution in [0.25, 0.3) is 0 Å². The number of hydrogen-bond acceptors (Lipinski definition) is 2. The fourth-order valence-electron chi connectivity index (χ4n) is 1.53. The molecule has 0 N–H and O–H groups in total. The summed E-state index contributed by atoms with van der Waals surface area (Å²) in [7, 11) is 0. The summed E-state index contributed by atoms with van der Waals surface area (Å²) in [5, 5.41) is 0.472. The topological polar surface area (TPSA) is 30.0 Å². The van der Waals surface area contributed by atoms with Crippen molar-refractivity contribution in [3.05, 3.63) is 63.1 Å². The summed E-state index contributed by atoms with van der Waals surface area (Å²) >= 11 is 8.87. The molecule has 0 unspecified atom stereocenters. The lowest BCUT2D eigenvalue weighted by molar-refractivity contribution is 0.0988. The molecule has 0 saturated carbocycles. The highest BCUT2D eigenvalue weighted by molar-refractivity contribution is 9.10.